The standard InChI is InChI=1S/C5H13O4P/c1-3-5-9-10(6,7)8-4-2/h3-5H2,1-2H3,(H,6,7). The van der Waals surface area contributed by atoms with Gasteiger partial charge in [-0.2, -0.15) is 0 Å². The second-order valence-electron chi connectivity index (χ2n) is 1.72. The van der Waals surface area contributed by atoms with E-state index in [1.165, 1.54) is 0 Å². The van der Waals surface area contributed by atoms with Crippen LogP contribution in [0.3, 0.4) is 0 Å². The van der Waals surface area contributed by atoms with Crippen molar-refractivity contribution in [3.05, 3.63) is 0 Å². The van der Waals surface area contributed by atoms with Crippen LogP contribution in [0.2, 0.25) is 0 Å². The van der Waals surface area contributed by atoms with Crippen molar-refractivity contribution in [2.45, 2.75) is 20.3 Å². The summed E-state index contributed by atoms with van der Waals surface area (Å²) < 4.78 is 19.6. The molecule has 1 atom stereocenters. The third kappa shape index (κ3) is 4.94. The molecule has 0 spiro atoms. The van der Waals surface area contributed by atoms with Crippen molar-refractivity contribution < 1.29 is 18.5 Å². The molecule has 62 valence electrons. The maximum absolute atomic E-state index is 10.7. The molecule has 0 aromatic rings. The maximum Gasteiger partial charge on any atom is 0.472 e. The molecule has 10 heavy (non-hydrogen) atoms. The average Bonchev–Trinajstić information content (AvgIpc) is 1.84. The van der Waals surface area contributed by atoms with Crippen molar-refractivity contribution in [1.82, 2.24) is 0 Å². The van der Waals surface area contributed by atoms with Gasteiger partial charge < -0.3 is 4.89 Å². The molecule has 0 aliphatic heterocycles. The van der Waals surface area contributed by atoms with Gasteiger partial charge in [-0.05, 0) is 13.3 Å². The van der Waals surface area contributed by atoms with E-state index in [0.29, 0.717) is 6.42 Å². The van der Waals surface area contributed by atoms with Crippen LogP contribution in [-0.4, -0.2) is 18.1 Å². The molecule has 0 aromatic carbocycles. The van der Waals surface area contributed by atoms with Gasteiger partial charge in [0.15, 0.2) is 0 Å². The molecular formula is C5H13O4P. The van der Waals surface area contributed by atoms with Crippen LogP contribution in [0.4, 0.5) is 0 Å². The van der Waals surface area contributed by atoms with E-state index in [1.54, 1.807) is 6.92 Å². The Morgan fingerprint density at radius 2 is 2.00 bits per heavy atom. The summed E-state index contributed by atoms with van der Waals surface area (Å²) >= 11 is 0. The highest BCUT2D eigenvalue weighted by molar-refractivity contribution is 7.47. The second kappa shape index (κ2) is 4.85. The van der Waals surface area contributed by atoms with E-state index >= 15 is 0 Å². The Morgan fingerprint density at radius 1 is 1.40 bits per heavy atom. The number of phosphoric acid groups is 1. The van der Waals surface area contributed by atoms with Crippen LogP contribution in [-0.2, 0) is 13.6 Å². The Morgan fingerprint density at radius 3 is 2.40 bits per heavy atom. The van der Waals surface area contributed by atoms with Crippen LogP contribution in [0.25, 0.3) is 0 Å². The molecule has 0 bridgehead atoms. The lowest BCUT2D eigenvalue weighted by atomic mass is 10.5. The molecule has 0 aliphatic rings. The number of hydrogen-bond donors (Lipinski definition) is 1. The summed E-state index contributed by atoms with van der Waals surface area (Å²) in [6.45, 7) is 3.94. The highest BCUT2D eigenvalue weighted by Gasteiger charge is 2.18. The summed E-state index contributed by atoms with van der Waals surface area (Å²) in [7, 11) is -3.71. The lowest BCUT2D eigenvalue weighted by Crippen LogP contribution is -1.95. The maximum atomic E-state index is 10.7. The molecule has 0 saturated carbocycles. The summed E-state index contributed by atoms with van der Waals surface area (Å²) in [6.07, 6.45) is 0.706. The zero-order chi connectivity index (χ0) is 8.04. The fourth-order valence-corrected chi connectivity index (χ4v) is 1.22. The van der Waals surface area contributed by atoms with Gasteiger partial charge in [0.25, 0.3) is 0 Å². The van der Waals surface area contributed by atoms with Gasteiger partial charge >= 0.3 is 7.82 Å². The molecule has 4 nitrogen and oxygen atoms in total. The fourth-order valence-electron chi connectivity index (χ4n) is 0.407. The van der Waals surface area contributed by atoms with Crippen molar-refractivity contribution in [3.63, 3.8) is 0 Å². The molecule has 0 aromatic heterocycles. The molecule has 0 heterocycles. The first-order valence-electron chi connectivity index (χ1n) is 3.24. The lowest BCUT2D eigenvalue weighted by molar-refractivity contribution is 0.155. The molecule has 0 aliphatic carbocycles. The SMILES string of the molecule is CCCOP(=O)(O)OCC. The number of hydrogen-bond acceptors (Lipinski definition) is 3. The van der Waals surface area contributed by atoms with Gasteiger partial charge in [-0.25, -0.2) is 4.57 Å². The normalized spacial score (nSPS) is 16.7. The smallest absolute Gasteiger partial charge is 0.302 e. The predicted octanol–water partition coefficient (Wildman–Crippen LogP) is 1.55. The summed E-state index contributed by atoms with van der Waals surface area (Å²) in [5.41, 5.74) is 0. The Labute approximate surface area is 60.8 Å². The van der Waals surface area contributed by atoms with Gasteiger partial charge in [-0.1, -0.05) is 6.92 Å². The molecule has 0 fully saturated rings. The summed E-state index contributed by atoms with van der Waals surface area (Å²) in [5, 5.41) is 0. The predicted molar refractivity (Wildman–Crippen MR) is 37.7 cm³/mol. The van der Waals surface area contributed by atoms with Crippen LogP contribution in [0.1, 0.15) is 20.3 Å². The van der Waals surface area contributed by atoms with Crippen molar-refractivity contribution in [2.75, 3.05) is 13.2 Å². The first-order chi connectivity index (χ1) is 4.62. The van der Waals surface area contributed by atoms with Gasteiger partial charge in [0.2, 0.25) is 0 Å². The van der Waals surface area contributed by atoms with E-state index in [-0.39, 0.29) is 13.2 Å². The molecule has 1 unspecified atom stereocenters. The van der Waals surface area contributed by atoms with E-state index < -0.39 is 7.82 Å². The topological polar surface area (TPSA) is 55.8 Å². The van der Waals surface area contributed by atoms with E-state index in [1.807, 2.05) is 6.92 Å². The van der Waals surface area contributed by atoms with E-state index in [2.05, 4.69) is 9.05 Å². The zero-order valence-corrected chi connectivity index (χ0v) is 7.13. The van der Waals surface area contributed by atoms with Gasteiger partial charge in [0.05, 0.1) is 13.2 Å². The Bertz CT molecular complexity index is 125. The first-order valence-corrected chi connectivity index (χ1v) is 4.73. The van der Waals surface area contributed by atoms with Crippen LogP contribution in [0.5, 0.6) is 0 Å². The third-order valence-electron chi connectivity index (χ3n) is 0.751. The van der Waals surface area contributed by atoms with Crippen LogP contribution >= 0.6 is 7.82 Å². The summed E-state index contributed by atoms with van der Waals surface area (Å²) in [4.78, 5) is 8.76. The molecular weight excluding hydrogens is 155 g/mol. The van der Waals surface area contributed by atoms with Gasteiger partial charge in [-0.3, -0.25) is 9.05 Å². The van der Waals surface area contributed by atoms with Gasteiger partial charge in [0, 0.05) is 0 Å². The summed E-state index contributed by atoms with van der Waals surface area (Å²) in [5.74, 6) is 0. The fraction of sp³-hybridized carbons (Fsp3) is 1.00. The van der Waals surface area contributed by atoms with E-state index in [9.17, 15) is 4.57 Å². The van der Waals surface area contributed by atoms with Crippen LogP contribution < -0.4 is 0 Å². The Kier molecular flexibility index (Phi) is 4.91. The largest absolute Gasteiger partial charge is 0.472 e. The number of rotatable bonds is 5. The van der Waals surface area contributed by atoms with Crippen molar-refractivity contribution >= 4 is 7.82 Å². The van der Waals surface area contributed by atoms with E-state index in [0.717, 1.165) is 0 Å². The van der Waals surface area contributed by atoms with Crippen LogP contribution in [0.15, 0.2) is 0 Å². The van der Waals surface area contributed by atoms with Gasteiger partial charge in [0.1, 0.15) is 0 Å². The summed E-state index contributed by atoms with van der Waals surface area (Å²) in [6, 6.07) is 0. The van der Waals surface area contributed by atoms with E-state index in [4.69, 9.17) is 4.89 Å². The average molecular weight is 168 g/mol. The van der Waals surface area contributed by atoms with Crippen molar-refractivity contribution in [1.29, 1.82) is 0 Å². The Hall–Kier alpha value is 0.110. The highest BCUT2D eigenvalue weighted by Crippen LogP contribution is 2.42. The quantitative estimate of drug-likeness (QED) is 0.632. The number of phosphoric ester groups is 1. The Balaban J connectivity index is 3.53. The molecule has 0 saturated heterocycles. The molecule has 1 N–H and O–H groups in total. The van der Waals surface area contributed by atoms with Crippen molar-refractivity contribution in [3.8, 4) is 0 Å². The highest BCUT2D eigenvalue weighted by atomic mass is 31.2. The molecule has 5 heteroatoms. The second-order valence-corrected chi connectivity index (χ2v) is 3.17. The van der Waals surface area contributed by atoms with Gasteiger partial charge in [-0.15, -0.1) is 0 Å². The minimum atomic E-state index is -3.71. The van der Waals surface area contributed by atoms with Crippen LogP contribution in [0, 0.1) is 0 Å². The molecule has 0 radical (unpaired) electrons. The first kappa shape index (κ1) is 10.1. The lowest BCUT2D eigenvalue weighted by Gasteiger charge is -2.08. The zero-order valence-electron chi connectivity index (χ0n) is 6.24. The molecule has 0 amide bonds. The molecule has 0 rings (SSSR count). The minimum Gasteiger partial charge on any atom is -0.302 e. The minimum absolute atomic E-state index is 0.192. The monoisotopic (exact) mass is 168 g/mol. The third-order valence-corrected chi connectivity index (χ3v) is 1.84. The van der Waals surface area contributed by atoms with Crippen molar-refractivity contribution in [2.24, 2.45) is 0 Å².